The molecule has 2 rings (SSSR count). The normalized spacial score (nSPS) is 10.2. The van der Waals surface area contributed by atoms with Gasteiger partial charge in [-0.25, -0.2) is 9.37 Å². The monoisotopic (exact) mass is 281 g/mol. The lowest BCUT2D eigenvalue weighted by atomic mass is 10.2. The van der Waals surface area contributed by atoms with Crippen LogP contribution in [0.4, 0.5) is 15.2 Å². The number of rotatable bonds is 5. The SMILES string of the molecule is CCCNc1ncc(F)cc1C(=O)Nc1cnns1. The van der Waals surface area contributed by atoms with Crippen LogP contribution in [0.25, 0.3) is 0 Å². The molecule has 0 spiro atoms. The molecule has 0 aromatic carbocycles. The summed E-state index contributed by atoms with van der Waals surface area (Å²) in [5, 5.41) is 9.68. The minimum absolute atomic E-state index is 0.154. The van der Waals surface area contributed by atoms with Crippen molar-refractivity contribution in [2.45, 2.75) is 13.3 Å². The Labute approximate surface area is 113 Å². The maximum absolute atomic E-state index is 13.2. The fraction of sp³-hybridized carbons (Fsp3) is 0.273. The molecule has 2 N–H and O–H groups in total. The molecule has 0 aliphatic rings. The van der Waals surface area contributed by atoms with E-state index >= 15 is 0 Å². The number of aromatic nitrogens is 3. The summed E-state index contributed by atoms with van der Waals surface area (Å²) < 4.78 is 16.8. The largest absolute Gasteiger partial charge is 0.369 e. The molecule has 0 saturated heterocycles. The van der Waals surface area contributed by atoms with Gasteiger partial charge in [0.15, 0.2) is 0 Å². The van der Waals surface area contributed by atoms with Crippen molar-refractivity contribution < 1.29 is 9.18 Å². The third-order valence-corrected chi connectivity index (χ3v) is 2.82. The number of hydrogen-bond donors (Lipinski definition) is 2. The molecule has 2 aromatic heterocycles. The molecular formula is C11H12FN5OS. The Kier molecular flexibility index (Phi) is 4.35. The van der Waals surface area contributed by atoms with Crippen molar-refractivity contribution in [3.05, 3.63) is 29.8 Å². The fourth-order valence-corrected chi connectivity index (χ4v) is 1.81. The number of hydrogen-bond acceptors (Lipinski definition) is 6. The van der Waals surface area contributed by atoms with E-state index in [0.717, 1.165) is 30.2 Å². The maximum Gasteiger partial charge on any atom is 0.260 e. The highest BCUT2D eigenvalue weighted by atomic mass is 32.1. The zero-order valence-electron chi connectivity index (χ0n) is 10.2. The standard InChI is InChI=1S/C11H12FN5OS/c1-2-3-13-10-8(4-7(12)5-14-10)11(18)16-9-6-15-17-19-9/h4-6H,2-3H2,1H3,(H,13,14)(H,16,18). The van der Waals surface area contributed by atoms with Gasteiger partial charge >= 0.3 is 0 Å². The summed E-state index contributed by atoms with van der Waals surface area (Å²) in [6, 6.07) is 1.15. The van der Waals surface area contributed by atoms with Crippen molar-refractivity contribution in [1.82, 2.24) is 14.6 Å². The first-order chi connectivity index (χ1) is 9.20. The maximum atomic E-state index is 13.2. The van der Waals surface area contributed by atoms with Gasteiger partial charge in [-0.15, -0.1) is 5.10 Å². The third kappa shape index (κ3) is 3.44. The van der Waals surface area contributed by atoms with Gasteiger partial charge in [-0.3, -0.25) is 4.79 Å². The van der Waals surface area contributed by atoms with Crippen LogP contribution < -0.4 is 10.6 Å². The van der Waals surface area contributed by atoms with E-state index < -0.39 is 11.7 Å². The van der Waals surface area contributed by atoms with E-state index in [1.165, 1.54) is 6.20 Å². The van der Waals surface area contributed by atoms with Crippen LogP contribution in [0.2, 0.25) is 0 Å². The lowest BCUT2D eigenvalue weighted by Gasteiger charge is -2.09. The van der Waals surface area contributed by atoms with Crippen molar-refractivity contribution in [3.63, 3.8) is 0 Å². The number of pyridine rings is 1. The Balaban J connectivity index is 2.21. The highest BCUT2D eigenvalue weighted by Gasteiger charge is 2.14. The lowest BCUT2D eigenvalue weighted by molar-refractivity contribution is 0.102. The molecule has 0 saturated carbocycles. The number of nitrogens with one attached hydrogen (secondary N) is 2. The fourth-order valence-electron chi connectivity index (χ4n) is 1.40. The van der Waals surface area contributed by atoms with Gasteiger partial charge in [-0.05, 0) is 12.5 Å². The highest BCUT2D eigenvalue weighted by Crippen LogP contribution is 2.17. The van der Waals surface area contributed by atoms with Crippen LogP contribution in [0.15, 0.2) is 18.5 Å². The van der Waals surface area contributed by atoms with E-state index in [9.17, 15) is 9.18 Å². The van der Waals surface area contributed by atoms with E-state index in [-0.39, 0.29) is 5.56 Å². The number of anilines is 2. The molecule has 0 unspecified atom stereocenters. The zero-order valence-corrected chi connectivity index (χ0v) is 11.0. The summed E-state index contributed by atoms with van der Waals surface area (Å²) in [5.41, 5.74) is 0.154. The van der Waals surface area contributed by atoms with Crippen molar-refractivity contribution in [2.24, 2.45) is 0 Å². The van der Waals surface area contributed by atoms with Crippen LogP contribution in [0.3, 0.4) is 0 Å². The van der Waals surface area contributed by atoms with Gasteiger partial charge in [-0.2, -0.15) is 0 Å². The quantitative estimate of drug-likeness (QED) is 0.877. The highest BCUT2D eigenvalue weighted by molar-refractivity contribution is 7.10. The predicted molar refractivity (Wildman–Crippen MR) is 70.8 cm³/mol. The molecule has 2 heterocycles. The zero-order chi connectivity index (χ0) is 13.7. The molecule has 19 heavy (non-hydrogen) atoms. The second-order valence-corrected chi connectivity index (χ2v) is 4.50. The number of amides is 1. The molecule has 0 aliphatic carbocycles. The first-order valence-corrected chi connectivity index (χ1v) is 6.46. The number of nitrogens with zero attached hydrogens (tertiary/aromatic N) is 3. The topological polar surface area (TPSA) is 79.8 Å². The predicted octanol–water partition coefficient (Wildman–Crippen LogP) is 2.15. The molecule has 2 aromatic rings. The Hall–Kier alpha value is -2.09. The Morgan fingerprint density at radius 3 is 3.00 bits per heavy atom. The van der Waals surface area contributed by atoms with E-state index in [1.807, 2.05) is 6.92 Å². The summed E-state index contributed by atoms with van der Waals surface area (Å²) in [6.45, 7) is 2.64. The second-order valence-electron chi connectivity index (χ2n) is 3.71. The average molecular weight is 281 g/mol. The van der Waals surface area contributed by atoms with Gasteiger partial charge in [0.25, 0.3) is 5.91 Å². The van der Waals surface area contributed by atoms with Crippen LogP contribution in [0, 0.1) is 5.82 Å². The van der Waals surface area contributed by atoms with E-state index in [1.54, 1.807) is 0 Å². The molecule has 0 radical (unpaired) electrons. The van der Waals surface area contributed by atoms with Crippen LogP contribution in [-0.2, 0) is 0 Å². The average Bonchev–Trinajstić information content (AvgIpc) is 2.90. The molecule has 8 heteroatoms. The van der Waals surface area contributed by atoms with Gasteiger partial charge < -0.3 is 10.6 Å². The molecule has 0 bridgehead atoms. The number of halogens is 1. The smallest absolute Gasteiger partial charge is 0.260 e. The molecule has 6 nitrogen and oxygen atoms in total. The van der Waals surface area contributed by atoms with Crippen molar-refractivity contribution in [3.8, 4) is 0 Å². The summed E-state index contributed by atoms with van der Waals surface area (Å²) >= 11 is 1.05. The van der Waals surface area contributed by atoms with Crippen molar-refractivity contribution in [2.75, 3.05) is 17.2 Å². The van der Waals surface area contributed by atoms with Gasteiger partial charge in [0.1, 0.15) is 16.6 Å². The minimum Gasteiger partial charge on any atom is -0.369 e. The molecule has 100 valence electrons. The summed E-state index contributed by atoms with van der Waals surface area (Å²) in [5.74, 6) is -0.649. The first-order valence-electron chi connectivity index (χ1n) is 5.69. The van der Waals surface area contributed by atoms with Crippen molar-refractivity contribution >= 4 is 28.3 Å². The number of carbonyl (C=O) groups is 1. The van der Waals surface area contributed by atoms with Crippen LogP contribution in [0.5, 0.6) is 0 Å². The van der Waals surface area contributed by atoms with Gasteiger partial charge in [0, 0.05) is 18.1 Å². The first kappa shape index (κ1) is 13.3. The van der Waals surface area contributed by atoms with Gasteiger partial charge in [0.05, 0.1) is 18.0 Å². The van der Waals surface area contributed by atoms with Gasteiger partial charge in [-0.1, -0.05) is 11.4 Å². The minimum atomic E-state index is -0.561. The summed E-state index contributed by atoms with van der Waals surface area (Å²) in [7, 11) is 0. The Morgan fingerprint density at radius 1 is 1.47 bits per heavy atom. The van der Waals surface area contributed by atoms with Crippen LogP contribution >= 0.6 is 11.5 Å². The Morgan fingerprint density at radius 2 is 2.32 bits per heavy atom. The molecule has 1 amide bonds. The summed E-state index contributed by atoms with van der Waals surface area (Å²) in [6.07, 6.45) is 3.37. The van der Waals surface area contributed by atoms with E-state index in [0.29, 0.717) is 17.4 Å². The second kappa shape index (κ2) is 6.19. The Bertz CT molecular complexity index is 560. The molecule has 0 atom stereocenters. The van der Waals surface area contributed by atoms with E-state index in [2.05, 4.69) is 25.2 Å². The third-order valence-electron chi connectivity index (χ3n) is 2.24. The molecular weight excluding hydrogens is 269 g/mol. The van der Waals surface area contributed by atoms with Crippen molar-refractivity contribution in [1.29, 1.82) is 0 Å². The molecule has 0 fully saturated rings. The van der Waals surface area contributed by atoms with Gasteiger partial charge in [0.2, 0.25) is 0 Å². The molecule has 0 aliphatic heterocycles. The van der Waals surface area contributed by atoms with E-state index in [4.69, 9.17) is 0 Å². The van der Waals surface area contributed by atoms with Crippen LogP contribution in [0.1, 0.15) is 23.7 Å². The summed E-state index contributed by atoms with van der Waals surface area (Å²) in [4.78, 5) is 15.9. The lowest BCUT2D eigenvalue weighted by Crippen LogP contribution is -2.16. The number of carbonyl (C=O) groups excluding carboxylic acids is 1. The van der Waals surface area contributed by atoms with Crippen LogP contribution in [-0.4, -0.2) is 27.0 Å².